The van der Waals surface area contributed by atoms with E-state index in [1.165, 1.54) is 6.20 Å². The first kappa shape index (κ1) is 15.9. The number of hydrogen-bond acceptors (Lipinski definition) is 5. The summed E-state index contributed by atoms with van der Waals surface area (Å²) in [5.74, 6) is -0.390. The summed E-state index contributed by atoms with van der Waals surface area (Å²) in [6, 6.07) is 0. The normalized spacial score (nSPS) is 22.6. The first-order chi connectivity index (χ1) is 9.83. The number of aliphatic carboxylic acids is 1. The third kappa shape index (κ3) is 3.60. The smallest absolute Gasteiger partial charge is 0.332 e. The van der Waals surface area contributed by atoms with Crippen molar-refractivity contribution >= 4 is 16.0 Å². The maximum Gasteiger partial charge on any atom is 0.332 e. The Kier molecular flexibility index (Phi) is 4.64. The molecule has 2 rings (SSSR count). The average molecular weight is 317 g/mol. The highest BCUT2D eigenvalue weighted by atomic mass is 32.2. The molecule has 8 nitrogen and oxygen atoms in total. The topological polar surface area (TPSA) is 111 Å². The highest BCUT2D eigenvalue weighted by molar-refractivity contribution is 7.89. The summed E-state index contributed by atoms with van der Waals surface area (Å²) in [6.07, 6.45) is 1.12. The second-order valence-electron chi connectivity index (χ2n) is 4.93. The van der Waals surface area contributed by atoms with Gasteiger partial charge in [0.1, 0.15) is 5.82 Å². The van der Waals surface area contributed by atoms with Gasteiger partial charge < -0.3 is 14.4 Å². The fraction of sp³-hybridized carbons (Fsp3) is 0.667. The SMILES string of the molecule is CCn1cc(S(=O)(=O)NCC2CCC(C(=O)O)O2)nc1C. The minimum Gasteiger partial charge on any atom is -0.479 e. The van der Waals surface area contributed by atoms with Crippen molar-refractivity contribution in [3.05, 3.63) is 12.0 Å². The monoisotopic (exact) mass is 317 g/mol. The number of nitrogens with one attached hydrogen (secondary N) is 1. The Morgan fingerprint density at radius 3 is 2.81 bits per heavy atom. The summed E-state index contributed by atoms with van der Waals surface area (Å²) in [7, 11) is -3.71. The molecule has 0 radical (unpaired) electrons. The highest BCUT2D eigenvalue weighted by Gasteiger charge is 2.31. The van der Waals surface area contributed by atoms with Crippen molar-refractivity contribution in [2.45, 2.75) is 50.5 Å². The molecule has 0 amide bonds. The lowest BCUT2D eigenvalue weighted by Crippen LogP contribution is -2.33. The average Bonchev–Trinajstić information content (AvgIpc) is 3.03. The van der Waals surface area contributed by atoms with Crippen LogP contribution in [-0.4, -0.2) is 47.8 Å². The standard InChI is InChI=1S/C12H19N3O5S/c1-3-15-7-11(14-8(15)2)21(18,19)13-6-9-4-5-10(20-9)12(16)17/h7,9-10,13H,3-6H2,1-2H3,(H,16,17). The van der Waals surface area contributed by atoms with Gasteiger partial charge in [0.2, 0.25) is 0 Å². The molecule has 0 aromatic carbocycles. The quantitative estimate of drug-likeness (QED) is 0.771. The number of rotatable bonds is 6. The zero-order chi connectivity index (χ0) is 15.6. The van der Waals surface area contributed by atoms with Gasteiger partial charge in [0.25, 0.3) is 10.0 Å². The number of hydrogen-bond donors (Lipinski definition) is 2. The molecule has 1 aliphatic rings. The van der Waals surface area contributed by atoms with Crippen LogP contribution in [0, 0.1) is 6.92 Å². The van der Waals surface area contributed by atoms with Crippen LogP contribution in [0.25, 0.3) is 0 Å². The van der Waals surface area contributed by atoms with Crippen LogP contribution < -0.4 is 4.72 Å². The summed E-state index contributed by atoms with van der Waals surface area (Å²) >= 11 is 0. The van der Waals surface area contributed by atoms with Crippen LogP contribution in [-0.2, 0) is 26.1 Å². The molecule has 0 saturated carbocycles. The lowest BCUT2D eigenvalue weighted by atomic mass is 10.2. The molecule has 118 valence electrons. The molecule has 2 heterocycles. The Morgan fingerprint density at radius 2 is 2.29 bits per heavy atom. The van der Waals surface area contributed by atoms with E-state index < -0.39 is 28.2 Å². The largest absolute Gasteiger partial charge is 0.479 e. The molecule has 1 aromatic rings. The maximum atomic E-state index is 12.1. The molecule has 2 N–H and O–H groups in total. The molecule has 21 heavy (non-hydrogen) atoms. The van der Waals surface area contributed by atoms with Gasteiger partial charge in [-0.05, 0) is 26.7 Å². The van der Waals surface area contributed by atoms with E-state index in [9.17, 15) is 13.2 Å². The molecular weight excluding hydrogens is 298 g/mol. The van der Waals surface area contributed by atoms with Crippen molar-refractivity contribution in [2.24, 2.45) is 0 Å². The van der Waals surface area contributed by atoms with Gasteiger partial charge >= 0.3 is 5.97 Å². The van der Waals surface area contributed by atoms with Gasteiger partial charge in [-0.1, -0.05) is 0 Å². The van der Waals surface area contributed by atoms with Crippen LogP contribution in [0.2, 0.25) is 0 Å². The van der Waals surface area contributed by atoms with E-state index in [1.807, 2.05) is 6.92 Å². The maximum absolute atomic E-state index is 12.1. The van der Waals surface area contributed by atoms with Crippen molar-refractivity contribution in [1.82, 2.24) is 14.3 Å². The number of aryl methyl sites for hydroxylation is 2. The summed E-state index contributed by atoms with van der Waals surface area (Å²) in [5, 5.41) is 8.79. The van der Waals surface area contributed by atoms with Crippen molar-refractivity contribution in [2.75, 3.05) is 6.54 Å². The van der Waals surface area contributed by atoms with E-state index >= 15 is 0 Å². The zero-order valence-corrected chi connectivity index (χ0v) is 12.8. The van der Waals surface area contributed by atoms with Crippen LogP contribution in [0.4, 0.5) is 0 Å². The van der Waals surface area contributed by atoms with Crippen LogP contribution in [0.1, 0.15) is 25.6 Å². The summed E-state index contributed by atoms with van der Waals surface area (Å²) in [4.78, 5) is 14.8. The summed E-state index contributed by atoms with van der Waals surface area (Å²) in [6.45, 7) is 4.32. The molecule has 2 unspecified atom stereocenters. The van der Waals surface area contributed by atoms with Crippen LogP contribution in [0.3, 0.4) is 0 Å². The van der Waals surface area contributed by atoms with Crippen molar-refractivity contribution in [3.63, 3.8) is 0 Å². The Hall–Kier alpha value is -1.45. The third-order valence-corrected chi connectivity index (χ3v) is 4.75. The lowest BCUT2D eigenvalue weighted by molar-refractivity contribution is -0.149. The number of ether oxygens (including phenoxy) is 1. The minimum absolute atomic E-state index is 0.0327. The van der Waals surface area contributed by atoms with E-state index in [2.05, 4.69) is 9.71 Å². The van der Waals surface area contributed by atoms with Crippen LogP contribution in [0.5, 0.6) is 0 Å². The highest BCUT2D eigenvalue weighted by Crippen LogP contribution is 2.19. The first-order valence-corrected chi connectivity index (χ1v) is 8.23. The minimum atomic E-state index is -3.71. The Morgan fingerprint density at radius 1 is 1.57 bits per heavy atom. The van der Waals surface area contributed by atoms with Crippen LogP contribution in [0.15, 0.2) is 11.2 Å². The molecule has 9 heteroatoms. The van der Waals surface area contributed by atoms with E-state index in [0.717, 1.165) is 0 Å². The number of sulfonamides is 1. The molecule has 0 aliphatic carbocycles. The van der Waals surface area contributed by atoms with Gasteiger partial charge in [0, 0.05) is 19.3 Å². The fourth-order valence-corrected chi connectivity index (χ4v) is 3.31. The second-order valence-corrected chi connectivity index (χ2v) is 6.64. The van der Waals surface area contributed by atoms with Crippen molar-refractivity contribution in [1.29, 1.82) is 0 Å². The molecule has 1 fully saturated rings. The molecule has 1 saturated heterocycles. The third-order valence-electron chi connectivity index (χ3n) is 3.45. The van der Waals surface area contributed by atoms with Gasteiger partial charge in [-0.15, -0.1) is 0 Å². The Bertz CT molecular complexity index is 625. The number of imidazole rings is 1. The van der Waals surface area contributed by atoms with Crippen molar-refractivity contribution < 1.29 is 23.1 Å². The lowest BCUT2D eigenvalue weighted by Gasteiger charge is -2.11. The number of carboxylic acids is 1. The molecule has 0 bridgehead atoms. The number of nitrogens with zero attached hydrogens (tertiary/aromatic N) is 2. The Balaban J connectivity index is 1.97. The molecule has 0 spiro atoms. The fourth-order valence-electron chi connectivity index (χ4n) is 2.24. The second kappa shape index (κ2) is 6.12. The van der Waals surface area contributed by atoms with Gasteiger partial charge in [-0.2, -0.15) is 0 Å². The number of aromatic nitrogens is 2. The number of carboxylic acid groups (broad SMARTS) is 1. The number of carbonyl (C=O) groups is 1. The van der Waals surface area contributed by atoms with Gasteiger partial charge in [-0.3, -0.25) is 0 Å². The molecule has 1 aliphatic heterocycles. The summed E-state index contributed by atoms with van der Waals surface area (Å²) in [5.41, 5.74) is 0. The zero-order valence-electron chi connectivity index (χ0n) is 11.9. The molecular formula is C12H19N3O5S. The predicted octanol–water partition coefficient (Wildman–Crippen LogP) is 0.122. The van der Waals surface area contributed by atoms with E-state index in [-0.39, 0.29) is 11.6 Å². The molecule has 2 atom stereocenters. The summed E-state index contributed by atoms with van der Waals surface area (Å²) < 4.78 is 33.7. The van der Waals surface area contributed by atoms with Gasteiger partial charge in [0.05, 0.1) is 6.10 Å². The first-order valence-electron chi connectivity index (χ1n) is 6.75. The van der Waals surface area contributed by atoms with Crippen LogP contribution >= 0.6 is 0 Å². The predicted molar refractivity (Wildman–Crippen MR) is 73.4 cm³/mol. The van der Waals surface area contributed by atoms with E-state index in [1.54, 1.807) is 11.5 Å². The van der Waals surface area contributed by atoms with Gasteiger partial charge in [-0.25, -0.2) is 22.9 Å². The van der Waals surface area contributed by atoms with E-state index in [0.29, 0.717) is 25.2 Å². The van der Waals surface area contributed by atoms with Crippen molar-refractivity contribution in [3.8, 4) is 0 Å². The van der Waals surface area contributed by atoms with Gasteiger partial charge in [0.15, 0.2) is 11.1 Å². The molecule has 1 aromatic heterocycles. The Labute approximate surface area is 123 Å². The van der Waals surface area contributed by atoms with E-state index in [4.69, 9.17) is 9.84 Å².